The Kier molecular flexibility index (Phi) is 3.37. The molecule has 0 saturated heterocycles. The quantitative estimate of drug-likeness (QED) is 0.731. The smallest absolute Gasteiger partial charge is 0.153 e. The highest BCUT2D eigenvalue weighted by Crippen LogP contribution is 2.04. The number of benzene rings is 1. The van der Waals surface area contributed by atoms with Gasteiger partial charge in [-0.25, -0.2) is 8.60 Å². The molecule has 0 spiro atoms. The first-order valence-corrected chi connectivity index (χ1v) is 4.78. The largest absolute Gasteiger partial charge is 0.306 e. The Labute approximate surface area is 72.7 Å². The van der Waals surface area contributed by atoms with Gasteiger partial charge in [0.05, 0.1) is 5.75 Å². The van der Waals surface area contributed by atoms with Crippen LogP contribution in [-0.2, 0) is 17.5 Å². The lowest BCUT2D eigenvalue weighted by Gasteiger charge is -1.97. The first kappa shape index (κ1) is 9.35. The van der Waals surface area contributed by atoms with E-state index in [1.807, 2.05) is 0 Å². The van der Waals surface area contributed by atoms with Gasteiger partial charge >= 0.3 is 0 Å². The summed E-state index contributed by atoms with van der Waals surface area (Å²) >= 11 is -1.80. The summed E-state index contributed by atoms with van der Waals surface area (Å²) in [4.78, 5) is 0. The third-order valence-electron chi connectivity index (χ3n) is 1.45. The van der Waals surface area contributed by atoms with Crippen LogP contribution in [0.4, 0.5) is 4.39 Å². The van der Waals surface area contributed by atoms with Gasteiger partial charge in [0.15, 0.2) is 11.1 Å². The molecule has 0 aliphatic heterocycles. The summed E-state index contributed by atoms with van der Waals surface area (Å²) in [6.07, 6.45) is 0.431. The maximum Gasteiger partial charge on any atom is 0.153 e. The molecule has 66 valence electrons. The minimum atomic E-state index is -1.80. The van der Waals surface area contributed by atoms with E-state index in [1.165, 1.54) is 12.1 Å². The molecule has 1 aromatic rings. The van der Waals surface area contributed by atoms with E-state index in [9.17, 15) is 8.60 Å². The average Bonchev–Trinajstić information content (AvgIpc) is 2.01. The van der Waals surface area contributed by atoms with Crippen LogP contribution in [-0.4, -0.2) is 14.5 Å². The second-order valence-electron chi connectivity index (χ2n) is 2.41. The van der Waals surface area contributed by atoms with Gasteiger partial charge in [-0.05, 0) is 24.1 Å². The second kappa shape index (κ2) is 4.33. The fourth-order valence-corrected chi connectivity index (χ4v) is 1.31. The molecule has 4 heteroatoms. The fourth-order valence-electron chi connectivity index (χ4n) is 0.898. The Hall–Kier alpha value is -0.740. The zero-order chi connectivity index (χ0) is 8.97. The standard InChI is InChI=1S/C8H9FO2S/c9-8-3-1-2-7(6-8)4-5-12(10)11/h1-3,6H,4-5H2,(H,10,11). The van der Waals surface area contributed by atoms with Crippen molar-refractivity contribution in [1.82, 2.24) is 0 Å². The van der Waals surface area contributed by atoms with Gasteiger partial charge in [-0.15, -0.1) is 0 Å². The van der Waals surface area contributed by atoms with Gasteiger partial charge in [-0.2, -0.15) is 0 Å². The van der Waals surface area contributed by atoms with Gasteiger partial charge in [-0.1, -0.05) is 12.1 Å². The second-order valence-corrected chi connectivity index (χ2v) is 3.46. The molecule has 12 heavy (non-hydrogen) atoms. The number of halogens is 1. The molecule has 2 nitrogen and oxygen atoms in total. The van der Waals surface area contributed by atoms with Crippen LogP contribution in [0.5, 0.6) is 0 Å². The maximum atomic E-state index is 12.6. The lowest BCUT2D eigenvalue weighted by molar-refractivity contribution is 0.563. The van der Waals surface area contributed by atoms with Crippen molar-refractivity contribution in [3.05, 3.63) is 35.6 Å². The van der Waals surface area contributed by atoms with E-state index >= 15 is 0 Å². The number of aryl methyl sites for hydroxylation is 1. The Bertz CT molecular complexity index is 288. The summed E-state index contributed by atoms with van der Waals surface area (Å²) in [5, 5.41) is 0. The number of rotatable bonds is 3. The van der Waals surface area contributed by atoms with E-state index in [2.05, 4.69) is 0 Å². The molecule has 0 aromatic heterocycles. The highest BCUT2D eigenvalue weighted by Gasteiger charge is 1.97. The molecule has 0 aliphatic rings. The van der Waals surface area contributed by atoms with Crippen molar-refractivity contribution < 1.29 is 13.2 Å². The van der Waals surface area contributed by atoms with Gasteiger partial charge < -0.3 is 4.55 Å². The van der Waals surface area contributed by atoms with Crippen LogP contribution in [0.3, 0.4) is 0 Å². The Balaban J connectivity index is 2.57. The van der Waals surface area contributed by atoms with Gasteiger partial charge in [0, 0.05) is 0 Å². The first-order valence-electron chi connectivity index (χ1n) is 3.50. The molecule has 1 N–H and O–H groups in total. The Morgan fingerprint density at radius 1 is 1.50 bits per heavy atom. The summed E-state index contributed by atoms with van der Waals surface area (Å²) in [6.45, 7) is 0. The summed E-state index contributed by atoms with van der Waals surface area (Å²) in [5.41, 5.74) is 0.748. The summed E-state index contributed by atoms with van der Waals surface area (Å²) in [5.74, 6) is -0.153. The molecule has 1 aromatic carbocycles. The molecule has 0 heterocycles. The summed E-state index contributed by atoms with van der Waals surface area (Å²) in [7, 11) is 0. The molecular weight excluding hydrogens is 179 g/mol. The zero-order valence-electron chi connectivity index (χ0n) is 6.37. The normalized spacial score (nSPS) is 12.8. The highest BCUT2D eigenvalue weighted by atomic mass is 32.2. The van der Waals surface area contributed by atoms with Crippen LogP contribution in [0.1, 0.15) is 5.56 Å². The number of hydrogen-bond acceptors (Lipinski definition) is 1. The minimum absolute atomic E-state index is 0.156. The van der Waals surface area contributed by atoms with Crippen LogP contribution in [0.25, 0.3) is 0 Å². The van der Waals surface area contributed by atoms with Gasteiger partial charge in [0.1, 0.15) is 5.82 Å². The van der Waals surface area contributed by atoms with Crippen LogP contribution in [0, 0.1) is 5.82 Å². The van der Waals surface area contributed by atoms with Crippen LogP contribution in [0.15, 0.2) is 24.3 Å². The van der Waals surface area contributed by atoms with Crippen LogP contribution in [0.2, 0.25) is 0 Å². The van der Waals surface area contributed by atoms with Crippen LogP contribution < -0.4 is 0 Å². The van der Waals surface area contributed by atoms with Crippen molar-refractivity contribution in [3.8, 4) is 0 Å². The lowest BCUT2D eigenvalue weighted by Crippen LogP contribution is -1.99. The number of hydrogen-bond donors (Lipinski definition) is 1. The molecule has 0 amide bonds. The zero-order valence-corrected chi connectivity index (χ0v) is 7.18. The van der Waals surface area contributed by atoms with Gasteiger partial charge in [-0.3, -0.25) is 0 Å². The predicted octanol–water partition coefficient (Wildman–Crippen LogP) is 1.59. The molecule has 0 radical (unpaired) electrons. The van der Waals surface area contributed by atoms with Gasteiger partial charge in [0.25, 0.3) is 0 Å². The van der Waals surface area contributed by atoms with E-state index in [0.29, 0.717) is 6.42 Å². The topological polar surface area (TPSA) is 37.3 Å². The maximum absolute atomic E-state index is 12.6. The Morgan fingerprint density at radius 3 is 2.83 bits per heavy atom. The molecule has 1 unspecified atom stereocenters. The first-order chi connectivity index (χ1) is 5.68. The van der Waals surface area contributed by atoms with Gasteiger partial charge in [0.2, 0.25) is 0 Å². The molecular formula is C8H9FO2S. The van der Waals surface area contributed by atoms with E-state index < -0.39 is 11.1 Å². The molecule has 0 saturated carbocycles. The minimum Gasteiger partial charge on any atom is -0.306 e. The van der Waals surface area contributed by atoms with E-state index in [0.717, 1.165) is 5.56 Å². The molecule has 1 atom stereocenters. The van der Waals surface area contributed by atoms with Crippen molar-refractivity contribution in [1.29, 1.82) is 0 Å². The average molecular weight is 188 g/mol. The predicted molar refractivity (Wildman–Crippen MR) is 45.7 cm³/mol. The highest BCUT2D eigenvalue weighted by molar-refractivity contribution is 7.79. The van der Waals surface area contributed by atoms with Crippen molar-refractivity contribution in [2.24, 2.45) is 0 Å². The molecule has 0 aliphatic carbocycles. The summed E-state index contributed by atoms with van der Waals surface area (Å²) < 4.78 is 31.3. The monoisotopic (exact) mass is 188 g/mol. The van der Waals surface area contributed by atoms with Crippen molar-refractivity contribution in [2.45, 2.75) is 6.42 Å². The van der Waals surface area contributed by atoms with Crippen molar-refractivity contribution >= 4 is 11.1 Å². The fraction of sp³-hybridized carbons (Fsp3) is 0.250. The van der Waals surface area contributed by atoms with E-state index in [4.69, 9.17) is 4.55 Å². The SMILES string of the molecule is O=S(O)CCc1cccc(F)c1. The molecule has 0 fully saturated rings. The third-order valence-corrected chi connectivity index (χ3v) is 2.01. The summed E-state index contributed by atoms with van der Waals surface area (Å²) in [6, 6.07) is 6.03. The van der Waals surface area contributed by atoms with E-state index in [1.54, 1.807) is 12.1 Å². The Morgan fingerprint density at radius 2 is 2.25 bits per heavy atom. The molecule has 0 bridgehead atoms. The van der Waals surface area contributed by atoms with Crippen LogP contribution >= 0.6 is 0 Å². The van der Waals surface area contributed by atoms with E-state index in [-0.39, 0.29) is 11.6 Å². The lowest BCUT2D eigenvalue weighted by atomic mass is 10.2. The third kappa shape index (κ3) is 3.11. The van der Waals surface area contributed by atoms with Crippen molar-refractivity contribution in [2.75, 3.05) is 5.75 Å². The van der Waals surface area contributed by atoms with Crippen molar-refractivity contribution in [3.63, 3.8) is 0 Å². The molecule has 1 rings (SSSR count).